The number of fused-ring (bicyclic) bond motifs is 1. The fourth-order valence-corrected chi connectivity index (χ4v) is 5.16. The van der Waals surface area contributed by atoms with Crippen molar-refractivity contribution in [3.63, 3.8) is 0 Å². The van der Waals surface area contributed by atoms with Crippen molar-refractivity contribution < 1.29 is 19.5 Å². The van der Waals surface area contributed by atoms with Gasteiger partial charge in [-0.2, -0.15) is 0 Å². The summed E-state index contributed by atoms with van der Waals surface area (Å²) < 4.78 is 0. The Morgan fingerprint density at radius 1 is 1.00 bits per heavy atom. The summed E-state index contributed by atoms with van der Waals surface area (Å²) in [5.41, 5.74) is 2.41. The number of carboxylic acids is 1. The van der Waals surface area contributed by atoms with Gasteiger partial charge in [0.05, 0.1) is 11.5 Å². The Kier molecular flexibility index (Phi) is 8.56. The van der Waals surface area contributed by atoms with E-state index in [1.54, 1.807) is 13.8 Å². The van der Waals surface area contributed by atoms with Crippen LogP contribution in [0.25, 0.3) is 0 Å². The van der Waals surface area contributed by atoms with E-state index in [-0.39, 0.29) is 36.2 Å². The first-order chi connectivity index (χ1) is 16.3. The smallest absolute Gasteiger partial charge is 0.326 e. The molecule has 1 fully saturated rings. The van der Waals surface area contributed by atoms with Crippen LogP contribution in [-0.4, -0.2) is 53.0 Å². The molecule has 4 rings (SSSR count). The number of nitrogens with one attached hydrogen (secondary N) is 2. The van der Waals surface area contributed by atoms with Gasteiger partial charge in [-0.3, -0.25) is 9.59 Å². The van der Waals surface area contributed by atoms with E-state index in [0.717, 1.165) is 5.56 Å². The quantitative estimate of drug-likeness (QED) is 0.567. The van der Waals surface area contributed by atoms with Crippen molar-refractivity contribution in [2.75, 3.05) is 13.1 Å². The van der Waals surface area contributed by atoms with Crippen LogP contribution in [0.4, 0.5) is 0 Å². The second kappa shape index (κ2) is 11.2. The number of carboxylic acid groups (broad SMARTS) is 1. The molecule has 1 saturated heterocycles. The molecule has 188 valence electrons. The average Bonchev–Trinajstić information content (AvgIpc) is 2.86. The normalized spacial score (nSPS) is 19.7. The highest BCUT2D eigenvalue weighted by Gasteiger charge is 2.45. The van der Waals surface area contributed by atoms with E-state index in [0.29, 0.717) is 38.9 Å². The molecule has 8 heteroatoms. The molecule has 2 aromatic carbocycles. The fourth-order valence-electron chi connectivity index (χ4n) is 5.16. The van der Waals surface area contributed by atoms with Crippen molar-refractivity contribution in [3.8, 4) is 0 Å². The van der Waals surface area contributed by atoms with Gasteiger partial charge in [0.2, 0.25) is 11.8 Å². The molecule has 35 heavy (non-hydrogen) atoms. The number of rotatable bonds is 6. The van der Waals surface area contributed by atoms with E-state index in [4.69, 9.17) is 0 Å². The summed E-state index contributed by atoms with van der Waals surface area (Å²) in [6.45, 7) is 5.12. The Balaban J connectivity index is 0.00000342. The summed E-state index contributed by atoms with van der Waals surface area (Å²) in [5.74, 6) is -1.50. The second-order valence-corrected chi connectivity index (χ2v) is 9.71. The second-order valence-electron chi connectivity index (χ2n) is 9.71. The molecule has 2 atom stereocenters. The van der Waals surface area contributed by atoms with E-state index >= 15 is 0 Å². The lowest BCUT2D eigenvalue weighted by Crippen LogP contribution is -2.58. The minimum absolute atomic E-state index is 0. The number of hydrogen-bond donors (Lipinski definition) is 3. The Morgan fingerprint density at radius 3 is 2.20 bits per heavy atom. The zero-order valence-electron chi connectivity index (χ0n) is 20.2. The Labute approximate surface area is 212 Å². The van der Waals surface area contributed by atoms with Crippen LogP contribution in [0, 0.1) is 5.92 Å². The van der Waals surface area contributed by atoms with Crippen molar-refractivity contribution in [1.82, 2.24) is 15.5 Å². The molecular formula is C27H34ClN3O4. The SMILES string of the molecule is CC(C)[C@H](NC(=O)C1(c2ccccc2)CCN(C(=O)[C@@H]2Cc3ccccc3CN2)CC1)C(=O)O.Cl. The number of amides is 2. The minimum Gasteiger partial charge on any atom is -0.480 e. The number of likely N-dealkylation sites (tertiary alicyclic amines) is 1. The Bertz CT molecular complexity index is 1050. The topological polar surface area (TPSA) is 98.7 Å². The first-order valence-corrected chi connectivity index (χ1v) is 12.0. The van der Waals surface area contributed by atoms with Gasteiger partial charge in [0.25, 0.3) is 0 Å². The van der Waals surface area contributed by atoms with Gasteiger partial charge >= 0.3 is 5.97 Å². The van der Waals surface area contributed by atoms with E-state index in [9.17, 15) is 19.5 Å². The van der Waals surface area contributed by atoms with Crippen LogP contribution in [0.1, 0.15) is 43.4 Å². The zero-order chi connectivity index (χ0) is 24.3. The highest BCUT2D eigenvalue weighted by Crippen LogP contribution is 2.36. The summed E-state index contributed by atoms with van der Waals surface area (Å²) in [5, 5.41) is 15.8. The molecule has 2 aromatic rings. The lowest BCUT2D eigenvalue weighted by atomic mass is 9.71. The summed E-state index contributed by atoms with van der Waals surface area (Å²) in [4.78, 5) is 40.5. The van der Waals surface area contributed by atoms with Gasteiger partial charge in [0.15, 0.2) is 0 Å². The minimum atomic E-state index is -1.04. The van der Waals surface area contributed by atoms with Gasteiger partial charge < -0.3 is 20.6 Å². The van der Waals surface area contributed by atoms with Crippen LogP contribution in [0.15, 0.2) is 54.6 Å². The van der Waals surface area contributed by atoms with E-state index in [2.05, 4.69) is 22.8 Å². The van der Waals surface area contributed by atoms with Crippen LogP contribution in [0.3, 0.4) is 0 Å². The standard InChI is InChI=1S/C27H33N3O4.ClH/c1-18(2)23(25(32)33)29-26(34)27(21-10-4-3-5-11-21)12-14-30(15-13-27)24(31)22-16-19-8-6-7-9-20(19)17-28-22;/h3-11,18,22-23,28H,12-17H2,1-2H3,(H,29,34)(H,32,33);1H/t22-,23-;/m0./s1. The number of benzene rings is 2. The number of hydrogen-bond acceptors (Lipinski definition) is 4. The fraction of sp³-hybridized carbons (Fsp3) is 0.444. The van der Waals surface area contributed by atoms with Crippen LogP contribution < -0.4 is 10.6 Å². The molecule has 3 N–H and O–H groups in total. The van der Waals surface area contributed by atoms with Gasteiger partial charge in [-0.15, -0.1) is 12.4 Å². The monoisotopic (exact) mass is 499 g/mol. The number of nitrogens with zero attached hydrogens (tertiary/aromatic N) is 1. The Hall–Kier alpha value is -2.90. The van der Waals surface area contributed by atoms with Crippen molar-refractivity contribution in [2.45, 2.75) is 57.2 Å². The first-order valence-electron chi connectivity index (χ1n) is 12.0. The molecule has 0 saturated carbocycles. The van der Waals surface area contributed by atoms with Crippen molar-refractivity contribution in [2.24, 2.45) is 5.92 Å². The van der Waals surface area contributed by atoms with Crippen molar-refractivity contribution >= 4 is 30.2 Å². The highest BCUT2D eigenvalue weighted by atomic mass is 35.5. The number of carbonyl (C=O) groups excluding carboxylic acids is 2. The molecule has 0 spiro atoms. The predicted octanol–water partition coefficient (Wildman–Crippen LogP) is 2.91. The molecule has 0 bridgehead atoms. The molecule has 0 aromatic heterocycles. The number of carbonyl (C=O) groups is 3. The predicted molar refractivity (Wildman–Crippen MR) is 136 cm³/mol. The summed E-state index contributed by atoms with van der Waals surface area (Å²) in [6, 6.07) is 16.5. The first kappa shape index (κ1) is 26.7. The average molecular weight is 500 g/mol. The molecule has 2 aliphatic heterocycles. The summed E-state index contributed by atoms with van der Waals surface area (Å²) in [6.07, 6.45) is 1.55. The molecular weight excluding hydrogens is 466 g/mol. The maximum atomic E-state index is 13.6. The maximum absolute atomic E-state index is 13.6. The van der Waals surface area contributed by atoms with Crippen molar-refractivity contribution in [3.05, 3.63) is 71.3 Å². The summed E-state index contributed by atoms with van der Waals surface area (Å²) >= 11 is 0. The Morgan fingerprint density at radius 2 is 1.60 bits per heavy atom. The third kappa shape index (κ3) is 5.52. The van der Waals surface area contributed by atoms with Gasteiger partial charge in [0, 0.05) is 19.6 Å². The molecule has 0 radical (unpaired) electrons. The molecule has 2 amide bonds. The number of aliphatic carboxylic acids is 1. The van der Waals surface area contributed by atoms with Gasteiger partial charge in [-0.25, -0.2) is 4.79 Å². The van der Waals surface area contributed by atoms with Crippen molar-refractivity contribution in [1.29, 1.82) is 0 Å². The molecule has 0 unspecified atom stereocenters. The van der Waals surface area contributed by atoms with Crippen LogP contribution in [-0.2, 0) is 32.8 Å². The van der Waals surface area contributed by atoms with Crippen LogP contribution in [0.2, 0.25) is 0 Å². The van der Waals surface area contributed by atoms with E-state index in [1.165, 1.54) is 11.1 Å². The third-order valence-corrected chi connectivity index (χ3v) is 7.29. The van der Waals surface area contributed by atoms with Gasteiger partial charge in [-0.05, 0) is 41.9 Å². The summed E-state index contributed by atoms with van der Waals surface area (Å²) in [7, 11) is 0. The molecule has 2 heterocycles. The van der Waals surface area contributed by atoms with E-state index < -0.39 is 17.4 Å². The third-order valence-electron chi connectivity index (χ3n) is 7.29. The van der Waals surface area contributed by atoms with Crippen LogP contribution >= 0.6 is 12.4 Å². The van der Waals surface area contributed by atoms with Crippen LogP contribution in [0.5, 0.6) is 0 Å². The number of halogens is 1. The van der Waals surface area contributed by atoms with Gasteiger partial charge in [-0.1, -0.05) is 68.4 Å². The zero-order valence-corrected chi connectivity index (χ0v) is 21.0. The highest BCUT2D eigenvalue weighted by molar-refractivity contribution is 5.92. The number of piperidine rings is 1. The molecule has 2 aliphatic rings. The maximum Gasteiger partial charge on any atom is 0.326 e. The largest absolute Gasteiger partial charge is 0.480 e. The van der Waals surface area contributed by atoms with E-state index in [1.807, 2.05) is 47.4 Å². The lowest BCUT2D eigenvalue weighted by molar-refractivity contribution is -0.145. The lowest BCUT2D eigenvalue weighted by Gasteiger charge is -2.43. The van der Waals surface area contributed by atoms with Gasteiger partial charge in [0.1, 0.15) is 6.04 Å². The molecule has 7 nitrogen and oxygen atoms in total. The molecule has 0 aliphatic carbocycles.